The zero-order chi connectivity index (χ0) is 29.8. The highest BCUT2D eigenvalue weighted by Crippen LogP contribution is 2.46. The van der Waals surface area contributed by atoms with Crippen LogP contribution < -0.4 is 23.8 Å². The van der Waals surface area contributed by atoms with E-state index in [1.165, 1.54) is 16.2 Å². The molecule has 1 aliphatic rings. The number of methoxy groups -OCH3 is 1. The number of anilines is 1. The monoisotopic (exact) mass is 588 g/mol. The number of hydrogen-bond acceptors (Lipinski definition) is 9. The Morgan fingerprint density at radius 1 is 0.905 bits per heavy atom. The average molecular weight is 589 g/mol. The van der Waals surface area contributed by atoms with Crippen LogP contribution in [0.3, 0.4) is 0 Å². The van der Waals surface area contributed by atoms with Gasteiger partial charge in [-0.2, -0.15) is 0 Å². The molecule has 1 atom stereocenters. The topological polar surface area (TPSA) is 107 Å². The number of fused-ring (bicyclic) bond motifs is 1. The van der Waals surface area contributed by atoms with E-state index in [0.717, 1.165) is 11.1 Å². The second-order valence-electron chi connectivity index (χ2n) is 9.44. The molecular formula is C32H32N2O7S. The van der Waals surface area contributed by atoms with Gasteiger partial charge in [-0.3, -0.25) is 14.5 Å². The second-order valence-corrected chi connectivity index (χ2v) is 10.5. The molecule has 0 spiro atoms. The van der Waals surface area contributed by atoms with E-state index in [4.69, 9.17) is 18.9 Å². The Bertz CT molecular complexity index is 1640. The van der Waals surface area contributed by atoms with E-state index in [1.807, 2.05) is 26.8 Å². The molecule has 4 aromatic rings. The van der Waals surface area contributed by atoms with Crippen LogP contribution in [0.15, 0.2) is 66.2 Å². The molecule has 1 amide bonds. The van der Waals surface area contributed by atoms with Crippen molar-refractivity contribution in [1.29, 1.82) is 0 Å². The summed E-state index contributed by atoms with van der Waals surface area (Å²) in [5.41, 5.74) is 1.54. The molecule has 1 aliphatic heterocycles. The minimum absolute atomic E-state index is 0.0503. The molecule has 0 bridgehead atoms. The number of amides is 1. The predicted molar refractivity (Wildman–Crippen MR) is 162 cm³/mol. The second kappa shape index (κ2) is 12.5. The summed E-state index contributed by atoms with van der Waals surface area (Å²) in [5, 5.41) is 11.9. The third-order valence-corrected chi connectivity index (χ3v) is 7.74. The van der Waals surface area contributed by atoms with Crippen molar-refractivity contribution < 1.29 is 33.6 Å². The number of benzene rings is 3. The minimum Gasteiger partial charge on any atom is -0.507 e. The summed E-state index contributed by atoms with van der Waals surface area (Å²) in [5.74, 6) is 0.398. The first-order valence-electron chi connectivity index (χ1n) is 13.8. The fraction of sp³-hybridized carbons (Fsp3) is 0.281. The zero-order valence-corrected chi connectivity index (χ0v) is 24.7. The Morgan fingerprint density at radius 2 is 1.62 bits per heavy atom. The lowest BCUT2D eigenvalue weighted by molar-refractivity contribution is -0.132. The predicted octanol–water partition coefficient (Wildman–Crippen LogP) is 6.52. The lowest BCUT2D eigenvalue weighted by atomic mass is 9.95. The van der Waals surface area contributed by atoms with Gasteiger partial charge in [-0.15, -0.1) is 0 Å². The summed E-state index contributed by atoms with van der Waals surface area (Å²) in [4.78, 5) is 33.4. The Balaban J connectivity index is 1.68. The van der Waals surface area contributed by atoms with Gasteiger partial charge in [-0.1, -0.05) is 24.3 Å². The molecule has 9 nitrogen and oxygen atoms in total. The highest BCUT2D eigenvalue weighted by Gasteiger charge is 2.48. The molecule has 0 aliphatic carbocycles. The Morgan fingerprint density at radius 3 is 2.31 bits per heavy atom. The van der Waals surface area contributed by atoms with Crippen LogP contribution in [0.4, 0.5) is 5.13 Å². The van der Waals surface area contributed by atoms with Crippen LogP contribution in [-0.2, 0) is 9.59 Å². The fourth-order valence-electron chi connectivity index (χ4n) is 4.79. The highest BCUT2D eigenvalue weighted by atomic mass is 32.1. The van der Waals surface area contributed by atoms with Gasteiger partial charge < -0.3 is 24.1 Å². The maximum Gasteiger partial charge on any atom is 0.301 e. The summed E-state index contributed by atoms with van der Waals surface area (Å²) in [7, 11) is 1.58. The van der Waals surface area contributed by atoms with Gasteiger partial charge in [0, 0.05) is 5.56 Å². The summed E-state index contributed by atoms with van der Waals surface area (Å²) >= 11 is 1.26. The molecule has 1 fully saturated rings. The molecule has 1 N–H and O–H groups in total. The third kappa shape index (κ3) is 5.49. The van der Waals surface area contributed by atoms with Gasteiger partial charge in [0.15, 0.2) is 16.6 Å². The minimum atomic E-state index is -0.974. The molecule has 0 saturated carbocycles. The molecule has 2 heterocycles. The normalized spacial score (nSPS) is 16.2. The summed E-state index contributed by atoms with van der Waals surface area (Å²) in [6, 6.07) is 16.5. The number of ether oxygens (including phenoxy) is 4. The van der Waals surface area contributed by atoms with Gasteiger partial charge in [-0.05, 0) is 80.4 Å². The number of carbonyl (C=O) groups excluding carboxylic acids is 2. The van der Waals surface area contributed by atoms with Crippen LogP contribution in [0, 0.1) is 0 Å². The number of aliphatic hydroxyl groups is 1. The van der Waals surface area contributed by atoms with Gasteiger partial charge in [-0.25, -0.2) is 4.98 Å². The van der Waals surface area contributed by atoms with E-state index in [9.17, 15) is 14.7 Å². The maximum absolute atomic E-state index is 13.7. The molecule has 1 unspecified atom stereocenters. The molecule has 42 heavy (non-hydrogen) atoms. The first-order chi connectivity index (χ1) is 20.4. The van der Waals surface area contributed by atoms with E-state index in [1.54, 1.807) is 61.7 Å². The van der Waals surface area contributed by atoms with E-state index >= 15 is 0 Å². The molecule has 218 valence electrons. The van der Waals surface area contributed by atoms with E-state index < -0.39 is 17.7 Å². The quantitative estimate of drug-likeness (QED) is 0.120. The highest BCUT2D eigenvalue weighted by molar-refractivity contribution is 7.22. The molecule has 5 rings (SSSR count). The number of hydrogen-bond donors (Lipinski definition) is 1. The Kier molecular flexibility index (Phi) is 8.63. The van der Waals surface area contributed by atoms with Crippen molar-refractivity contribution in [3.05, 3.63) is 77.4 Å². The van der Waals surface area contributed by atoms with Gasteiger partial charge in [0.05, 0.1) is 48.8 Å². The summed E-state index contributed by atoms with van der Waals surface area (Å²) in [6.45, 7) is 7.13. The number of aliphatic hydroxyl groups excluding tert-OH is 1. The fourth-order valence-corrected chi connectivity index (χ4v) is 5.81. The first kappa shape index (κ1) is 28.9. The number of ketones is 1. The SMILES string of the molecule is CCCOc1ccc(/C(O)=C2\C(=O)C(=O)N(c3nc4ccc(OC)cc4s3)C2c2ccc(OCC)c(OCC)c2)cc1. The number of rotatable bonds is 11. The van der Waals surface area contributed by atoms with Crippen molar-refractivity contribution >= 4 is 44.1 Å². The van der Waals surface area contributed by atoms with E-state index in [-0.39, 0.29) is 11.3 Å². The van der Waals surface area contributed by atoms with Crippen LogP contribution in [0.2, 0.25) is 0 Å². The molecule has 0 radical (unpaired) electrons. The molecule has 3 aromatic carbocycles. The van der Waals surface area contributed by atoms with Gasteiger partial charge in [0.1, 0.15) is 17.3 Å². The van der Waals surface area contributed by atoms with Crippen molar-refractivity contribution in [2.24, 2.45) is 0 Å². The smallest absolute Gasteiger partial charge is 0.301 e. The molecular weight excluding hydrogens is 556 g/mol. The Labute approximate surface area is 247 Å². The van der Waals surface area contributed by atoms with Crippen LogP contribution in [0.25, 0.3) is 16.0 Å². The van der Waals surface area contributed by atoms with Crippen molar-refractivity contribution in [3.63, 3.8) is 0 Å². The molecule has 1 aromatic heterocycles. The van der Waals surface area contributed by atoms with Crippen LogP contribution in [-0.4, -0.2) is 48.7 Å². The molecule has 10 heteroatoms. The standard InChI is InChI=1S/C32H32N2O7S/c1-5-16-41-21-11-8-19(9-12-21)29(35)27-28(20-10-15-24(39-6-2)25(17-20)40-7-3)34(31(37)30(27)36)32-33-23-14-13-22(38-4)18-26(23)42-32/h8-15,17-18,28,35H,5-7,16H2,1-4H3/b29-27+. The van der Waals surface area contributed by atoms with Gasteiger partial charge in [0.2, 0.25) is 0 Å². The van der Waals surface area contributed by atoms with Crippen LogP contribution in [0.5, 0.6) is 23.0 Å². The van der Waals surface area contributed by atoms with Crippen LogP contribution in [0.1, 0.15) is 44.4 Å². The van der Waals surface area contributed by atoms with Crippen LogP contribution >= 0.6 is 11.3 Å². The van der Waals surface area contributed by atoms with Gasteiger partial charge in [0.25, 0.3) is 5.78 Å². The van der Waals surface area contributed by atoms with Crippen molar-refractivity contribution in [2.75, 3.05) is 31.8 Å². The Hall–Kier alpha value is -4.57. The lowest BCUT2D eigenvalue weighted by Crippen LogP contribution is -2.29. The van der Waals surface area contributed by atoms with Gasteiger partial charge >= 0.3 is 5.91 Å². The number of aromatic nitrogens is 1. The third-order valence-electron chi connectivity index (χ3n) is 6.72. The number of carbonyl (C=O) groups is 2. The summed E-state index contributed by atoms with van der Waals surface area (Å²) in [6.07, 6.45) is 0.857. The van der Waals surface area contributed by atoms with E-state index in [2.05, 4.69) is 4.98 Å². The first-order valence-corrected chi connectivity index (χ1v) is 14.6. The summed E-state index contributed by atoms with van der Waals surface area (Å²) < 4.78 is 23.4. The van der Waals surface area contributed by atoms with E-state index in [0.29, 0.717) is 64.6 Å². The largest absolute Gasteiger partial charge is 0.507 e. The van der Waals surface area contributed by atoms with Crippen molar-refractivity contribution in [3.8, 4) is 23.0 Å². The molecule has 1 saturated heterocycles. The van der Waals surface area contributed by atoms with Crippen molar-refractivity contribution in [2.45, 2.75) is 33.2 Å². The zero-order valence-electron chi connectivity index (χ0n) is 23.9. The van der Waals surface area contributed by atoms with Crippen molar-refractivity contribution in [1.82, 2.24) is 4.98 Å². The lowest BCUT2D eigenvalue weighted by Gasteiger charge is -2.24. The number of thiazole rings is 1. The number of Topliss-reactive ketones (excluding diaryl/α,β-unsaturated/α-hetero) is 1. The number of nitrogens with zero attached hydrogens (tertiary/aromatic N) is 2. The average Bonchev–Trinajstić information content (AvgIpc) is 3.54. The maximum atomic E-state index is 13.7.